The lowest BCUT2D eigenvalue weighted by Crippen LogP contribution is -2.04. The van der Waals surface area contributed by atoms with E-state index >= 15 is 0 Å². The van der Waals surface area contributed by atoms with Gasteiger partial charge < -0.3 is 14.9 Å². The lowest BCUT2D eigenvalue weighted by Gasteiger charge is -2.10. The molecule has 0 spiro atoms. The molecule has 0 bridgehead atoms. The molecule has 6 heteroatoms. The van der Waals surface area contributed by atoms with Gasteiger partial charge >= 0.3 is 5.97 Å². The van der Waals surface area contributed by atoms with E-state index in [9.17, 15) is 14.3 Å². The Morgan fingerprint density at radius 2 is 2.27 bits per heavy atom. The van der Waals surface area contributed by atoms with Crippen LogP contribution in [0.15, 0.2) is 10.5 Å². The molecule has 0 heterocycles. The second kappa shape index (κ2) is 4.48. The fourth-order valence-electron chi connectivity index (χ4n) is 1.13. The van der Waals surface area contributed by atoms with Crippen molar-refractivity contribution >= 4 is 21.9 Å². The van der Waals surface area contributed by atoms with Crippen molar-refractivity contribution in [2.75, 3.05) is 7.11 Å². The predicted octanol–water partition coefficient (Wildman–Crippen LogP) is 1.93. The maximum absolute atomic E-state index is 13.3. The standard InChI is InChI=1S/C9H8BrFO4/c1-15-9-6(12)3-5(11)4(8(9)10)2-7(13)14/h3,12H,2H2,1H3,(H,13,14). The number of methoxy groups -OCH3 is 1. The smallest absolute Gasteiger partial charge is 0.307 e. The highest BCUT2D eigenvalue weighted by Crippen LogP contribution is 2.38. The normalized spacial score (nSPS) is 10.1. The van der Waals surface area contributed by atoms with Crippen LogP contribution in [0.25, 0.3) is 0 Å². The molecule has 4 nitrogen and oxygen atoms in total. The molecule has 0 aliphatic rings. The summed E-state index contributed by atoms with van der Waals surface area (Å²) in [4.78, 5) is 10.5. The number of carboxylic acids is 1. The molecular weight excluding hydrogens is 271 g/mol. The number of hydrogen-bond acceptors (Lipinski definition) is 3. The van der Waals surface area contributed by atoms with Crippen molar-refractivity contribution in [3.05, 3.63) is 21.9 Å². The zero-order valence-corrected chi connectivity index (χ0v) is 9.34. The van der Waals surface area contributed by atoms with E-state index in [1.165, 1.54) is 7.11 Å². The first kappa shape index (κ1) is 11.8. The summed E-state index contributed by atoms with van der Waals surface area (Å²) < 4.78 is 18.2. The molecule has 0 radical (unpaired) electrons. The Bertz CT molecular complexity index is 406. The molecule has 0 aromatic heterocycles. The highest BCUT2D eigenvalue weighted by molar-refractivity contribution is 9.10. The summed E-state index contributed by atoms with van der Waals surface area (Å²) in [5, 5.41) is 17.8. The zero-order chi connectivity index (χ0) is 11.6. The fraction of sp³-hybridized carbons (Fsp3) is 0.222. The molecule has 82 valence electrons. The van der Waals surface area contributed by atoms with Gasteiger partial charge in [0.15, 0.2) is 11.5 Å². The molecule has 0 saturated carbocycles. The monoisotopic (exact) mass is 278 g/mol. The van der Waals surface area contributed by atoms with E-state index < -0.39 is 18.2 Å². The van der Waals surface area contributed by atoms with Crippen molar-refractivity contribution in [1.29, 1.82) is 0 Å². The Kier molecular flexibility index (Phi) is 3.52. The molecule has 0 saturated heterocycles. The van der Waals surface area contributed by atoms with Crippen LogP contribution in [0.3, 0.4) is 0 Å². The molecule has 0 fully saturated rings. The van der Waals surface area contributed by atoms with Crippen LogP contribution in [0, 0.1) is 5.82 Å². The van der Waals surface area contributed by atoms with Crippen LogP contribution in [-0.2, 0) is 11.2 Å². The lowest BCUT2D eigenvalue weighted by atomic mass is 10.1. The zero-order valence-electron chi connectivity index (χ0n) is 7.75. The highest BCUT2D eigenvalue weighted by atomic mass is 79.9. The minimum atomic E-state index is -1.16. The number of carbonyl (C=O) groups is 1. The molecule has 2 N–H and O–H groups in total. The Labute approximate surface area is 93.4 Å². The number of aliphatic carboxylic acids is 1. The van der Waals surface area contributed by atoms with Crippen molar-refractivity contribution < 1.29 is 24.1 Å². The van der Waals surface area contributed by atoms with Crippen LogP contribution >= 0.6 is 15.9 Å². The lowest BCUT2D eigenvalue weighted by molar-refractivity contribution is -0.136. The number of ether oxygens (including phenoxy) is 1. The molecule has 15 heavy (non-hydrogen) atoms. The van der Waals surface area contributed by atoms with Gasteiger partial charge in [-0.15, -0.1) is 0 Å². The minimum Gasteiger partial charge on any atom is -0.504 e. The van der Waals surface area contributed by atoms with E-state index in [0.717, 1.165) is 6.07 Å². The first-order valence-corrected chi connectivity index (χ1v) is 4.72. The topological polar surface area (TPSA) is 66.8 Å². The van der Waals surface area contributed by atoms with Crippen molar-refractivity contribution in [2.24, 2.45) is 0 Å². The molecular formula is C9H8BrFO4. The Morgan fingerprint density at radius 3 is 2.73 bits per heavy atom. The van der Waals surface area contributed by atoms with Crippen molar-refractivity contribution in [2.45, 2.75) is 6.42 Å². The van der Waals surface area contributed by atoms with Gasteiger partial charge in [-0.1, -0.05) is 0 Å². The molecule has 0 atom stereocenters. The van der Waals surface area contributed by atoms with Gasteiger partial charge in [-0.05, 0) is 15.9 Å². The third-order valence-electron chi connectivity index (χ3n) is 1.78. The number of rotatable bonds is 3. The maximum atomic E-state index is 13.3. The van der Waals surface area contributed by atoms with Crippen LogP contribution in [0.4, 0.5) is 4.39 Å². The quantitative estimate of drug-likeness (QED) is 0.887. The van der Waals surface area contributed by atoms with Crippen LogP contribution < -0.4 is 4.74 Å². The van der Waals surface area contributed by atoms with E-state index in [-0.39, 0.29) is 21.5 Å². The average Bonchev–Trinajstić information content (AvgIpc) is 2.12. The second-order valence-electron chi connectivity index (χ2n) is 2.77. The van der Waals surface area contributed by atoms with E-state index in [1.807, 2.05) is 0 Å². The van der Waals surface area contributed by atoms with E-state index in [2.05, 4.69) is 15.9 Å². The van der Waals surface area contributed by atoms with Gasteiger partial charge in [0.2, 0.25) is 0 Å². The van der Waals surface area contributed by atoms with Gasteiger partial charge in [-0.3, -0.25) is 4.79 Å². The molecule has 1 aromatic rings. The number of halogens is 2. The molecule has 0 unspecified atom stereocenters. The summed E-state index contributed by atoms with van der Waals surface area (Å²) in [6.45, 7) is 0. The summed E-state index contributed by atoms with van der Waals surface area (Å²) in [6, 6.07) is 0.821. The Morgan fingerprint density at radius 1 is 1.67 bits per heavy atom. The van der Waals surface area contributed by atoms with E-state index in [4.69, 9.17) is 9.84 Å². The molecule has 1 aromatic carbocycles. The number of aromatic hydroxyl groups is 1. The largest absolute Gasteiger partial charge is 0.504 e. The van der Waals surface area contributed by atoms with Crippen molar-refractivity contribution in [1.82, 2.24) is 0 Å². The maximum Gasteiger partial charge on any atom is 0.307 e. The number of benzene rings is 1. The van der Waals surface area contributed by atoms with Crippen LogP contribution in [0.5, 0.6) is 11.5 Å². The van der Waals surface area contributed by atoms with Gasteiger partial charge in [-0.2, -0.15) is 0 Å². The molecule has 0 aliphatic heterocycles. The number of phenols is 1. The van der Waals surface area contributed by atoms with Gasteiger partial charge in [0.1, 0.15) is 5.82 Å². The van der Waals surface area contributed by atoms with Gasteiger partial charge in [-0.25, -0.2) is 4.39 Å². The van der Waals surface area contributed by atoms with Gasteiger partial charge in [0.05, 0.1) is 18.0 Å². The number of carboxylic acid groups (broad SMARTS) is 1. The number of phenolic OH excluding ortho intramolecular Hbond substituents is 1. The fourth-order valence-corrected chi connectivity index (χ4v) is 1.83. The molecule has 0 aliphatic carbocycles. The van der Waals surface area contributed by atoms with Crippen LogP contribution in [-0.4, -0.2) is 23.3 Å². The molecule has 0 amide bonds. The van der Waals surface area contributed by atoms with Crippen LogP contribution in [0.1, 0.15) is 5.56 Å². The van der Waals surface area contributed by atoms with Crippen LogP contribution in [0.2, 0.25) is 0 Å². The minimum absolute atomic E-state index is 0.0210. The predicted molar refractivity (Wildman–Crippen MR) is 53.7 cm³/mol. The number of hydrogen-bond donors (Lipinski definition) is 2. The van der Waals surface area contributed by atoms with Gasteiger partial charge in [0, 0.05) is 11.6 Å². The SMILES string of the molecule is COc1c(O)cc(F)c(CC(=O)O)c1Br. The third-order valence-corrected chi connectivity index (χ3v) is 2.62. The Balaban J connectivity index is 3.32. The Hall–Kier alpha value is -1.30. The van der Waals surface area contributed by atoms with Crippen molar-refractivity contribution in [3.8, 4) is 11.5 Å². The summed E-state index contributed by atoms with van der Waals surface area (Å²) in [6.07, 6.45) is -0.483. The summed E-state index contributed by atoms with van der Waals surface area (Å²) in [7, 11) is 1.29. The van der Waals surface area contributed by atoms with E-state index in [1.54, 1.807) is 0 Å². The third kappa shape index (κ3) is 2.38. The summed E-state index contributed by atoms with van der Waals surface area (Å²) in [5.41, 5.74) is -0.0582. The van der Waals surface area contributed by atoms with Gasteiger partial charge in [0.25, 0.3) is 0 Å². The average molecular weight is 279 g/mol. The summed E-state index contributed by atoms with van der Waals surface area (Å²) >= 11 is 2.98. The molecule has 1 rings (SSSR count). The highest BCUT2D eigenvalue weighted by Gasteiger charge is 2.18. The van der Waals surface area contributed by atoms with Crippen molar-refractivity contribution in [3.63, 3.8) is 0 Å². The second-order valence-corrected chi connectivity index (χ2v) is 3.57. The summed E-state index contributed by atoms with van der Waals surface area (Å²) in [5.74, 6) is -2.31. The first-order valence-electron chi connectivity index (χ1n) is 3.93. The van der Waals surface area contributed by atoms with E-state index in [0.29, 0.717) is 0 Å². The first-order chi connectivity index (χ1) is 6.97.